The topological polar surface area (TPSA) is 62.6 Å². The Morgan fingerprint density at radius 1 is 1.10 bits per heavy atom. The summed E-state index contributed by atoms with van der Waals surface area (Å²) in [5.41, 5.74) is 0.374. The Morgan fingerprint density at radius 3 is 2.30 bits per heavy atom. The molecule has 1 heterocycles. The van der Waals surface area contributed by atoms with Crippen molar-refractivity contribution in [1.29, 1.82) is 0 Å². The second-order valence-electron chi connectivity index (χ2n) is 4.07. The zero-order chi connectivity index (χ0) is 14.7. The van der Waals surface area contributed by atoms with Crippen LogP contribution in [0.15, 0.2) is 24.5 Å². The van der Waals surface area contributed by atoms with Gasteiger partial charge in [0, 0.05) is 19.4 Å². The number of hydrogen-bond donors (Lipinski definition) is 0. The van der Waals surface area contributed by atoms with E-state index in [9.17, 15) is 4.79 Å². The van der Waals surface area contributed by atoms with Gasteiger partial charge in [-0.15, -0.1) is 0 Å². The van der Waals surface area contributed by atoms with Crippen molar-refractivity contribution in [2.45, 2.75) is 0 Å². The normalized spacial score (nSPS) is 10.2. The van der Waals surface area contributed by atoms with E-state index >= 15 is 0 Å². The van der Waals surface area contributed by atoms with Crippen molar-refractivity contribution in [3.05, 3.63) is 35.9 Å². The molecule has 0 aliphatic heterocycles. The number of aryl methyl sites for hydroxylation is 1. The fourth-order valence-corrected chi connectivity index (χ4v) is 1.98. The van der Waals surface area contributed by atoms with Gasteiger partial charge >= 0.3 is 0 Å². The number of aromatic nitrogens is 2. The molecule has 0 saturated heterocycles. The van der Waals surface area contributed by atoms with E-state index in [1.807, 2.05) is 0 Å². The number of imidazole rings is 1. The second kappa shape index (κ2) is 5.64. The third kappa shape index (κ3) is 2.20. The number of rotatable bonds is 5. The van der Waals surface area contributed by atoms with Gasteiger partial charge in [-0.2, -0.15) is 0 Å². The molecule has 6 heteroatoms. The average Bonchev–Trinajstić information content (AvgIpc) is 2.90. The Labute approximate surface area is 116 Å². The van der Waals surface area contributed by atoms with E-state index in [4.69, 9.17) is 14.2 Å². The predicted octanol–water partition coefficient (Wildman–Crippen LogP) is 1.68. The smallest absolute Gasteiger partial charge is 0.232 e. The molecule has 1 aromatic heterocycles. The molecule has 0 saturated carbocycles. The van der Waals surface area contributed by atoms with Crippen LogP contribution in [0.1, 0.15) is 16.2 Å². The summed E-state index contributed by atoms with van der Waals surface area (Å²) >= 11 is 0. The fraction of sp³-hybridized carbons (Fsp3) is 0.286. The minimum atomic E-state index is -0.240. The molecule has 0 atom stereocenters. The highest BCUT2D eigenvalue weighted by molar-refractivity contribution is 6.09. The van der Waals surface area contributed by atoms with Crippen molar-refractivity contribution >= 4 is 5.78 Å². The Hall–Kier alpha value is -2.50. The van der Waals surface area contributed by atoms with Crippen LogP contribution in [0.5, 0.6) is 17.2 Å². The SMILES string of the molecule is COc1ccc(C(=O)c2nccn2C)c(OC)c1OC. The van der Waals surface area contributed by atoms with E-state index in [0.29, 0.717) is 28.6 Å². The third-order valence-corrected chi connectivity index (χ3v) is 2.97. The van der Waals surface area contributed by atoms with Crippen LogP contribution in [-0.2, 0) is 7.05 Å². The molecule has 1 aromatic carbocycles. The van der Waals surface area contributed by atoms with E-state index in [2.05, 4.69) is 4.98 Å². The van der Waals surface area contributed by atoms with Crippen LogP contribution in [0.4, 0.5) is 0 Å². The Balaban J connectivity index is 2.57. The Bertz CT molecular complexity index is 634. The first-order chi connectivity index (χ1) is 9.63. The standard InChI is InChI=1S/C14H16N2O4/c1-16-8-7-15-14(16)11(17)9-5-6-10(18-2)13(20-4)12(9)19-3/h5-8H,1-4H3. The van der Waals surface area contributed by atoms with E-state index in [1.165, 1.54) is 21.3 Å². The molecule has 106 valence electrons. The van der Waals surface area contributed by atoms with Crippen molar-refractivity contribution in [2.24, 2.45) is 7.05 Å². The van der Waals surface area contributed by atoms with Gasteiger partial charge in [0.15, 0.2) is 17.3 Å². The van der Waals surface area contributed by atoms with E-state index in [0.717, 1.165) is 0 Å². The molecular weight excluding hydrogens is 260 g/mol. The van der Waals surface area contributed by atoms with Crippen molar-refractivity contribution < 1.29 is 19.0 Å². The van der Waals surface area contributed by atoms with Gasteiger partial charge in [-0.3, -0.25) is 4.79 Å². The molecule has 0 fully saturated rings. The summed E-state index contributed by atoms with van der Waals surface area (Å²) in [6.07, 6.45) is 3.28. The third-order valence-electron chi connectivity index (χ3n) is 2.97. The van der Waals surface area contributed by atoms with E-state index in [-0.39, 0.29) is 5.78 Å². The van der Waals surface area contributed by atoms with Gasteiger partial charge in [0.25, 0.3) is 0 Å². The second-order valence-corrected chi connectivity index (χ2v) is 4.07. The molecule has 0 bridgehead atoms. The van der Waals surface area contributed by atoms with Crippen LogP contribution in [-0.4, -0.2) is 36.7 Å². The van der Waals surface area contributed by atoms with Gasteiger partial charge in [-0.1, -0.05) is 0 Å². The van der Waals surface area contributed by atoms with Gasteiger partial charge < -0.3 is 18.8 Å². The van der Waals surface area contributed by atoms with Crippen molar-refractivity contribution in [3.63, 3.8) is 0 Å². The molecule has 0 N–H and O–H groups in total. The summed E-state index contributed by atoms with van der Waals surface area (Å²) in [6, 6.07) is 3.30. The molecule has 0 spiro atoms. The molecule has 0 radical (unpaired) electrons. The maximum absolute atomic E-state index is 12.5. The number of carbonyl (C=O) groups is 1. The largest absolute Gasteiger partial charge is 0.493 e. The summed E-state index contributed by atoms with van der Waals surface area (Å²) in [5.74, 6) is 1.31. The molecule has 2 rings (SSSR count). The van der Waals surface area contributed by atoms with Crippen LogP contribution in [0, 0.1) is 0 Å². The van der Waals surface area contributed by atoms with Gasteiger partial charge in [-0.05, 0) is 12.1 Å². The Kier molecular flexibility index (Phi) is 3.93. The van der Waals surface area contributed by atoms with Crippen LogP contribution >= 0.6 is 0 Å². The van der Waals surface area contributed by atoms with Gasteiger partial charge in [0.05, 0.1) is 26.9 Å². The lowest BCUT2D eigenvalue weighted by molar-refractivity contribution is 0.102. The summed E-state index contributed by atoms with van der Waals surface area (Å²) in [4.78, 5) is 16.6. The lowest BCUT2D eigenvalue weighted by Gasteiger charge is -2.14. The van der Waals surface area contributed by atoms with Gasteiger partial charge in [0.2, 0.25) is 11.5 Å². The number of hydrogen-bond acceptors (Lipinski definition) is 5. The lowest BCUT2D eigenvalue weighted by Crippen LogP contribution is -2.11. The van der Waals surface area contributed by atoms with Crippen molar-refractivity contribution in [3.8, 4) is 17.2 Å². The predicted molar refractivity (Wildman–Crippen MR) is 72.7 cm³/mol. The molecular formula is C14H16N2O4. The molecule has 0 unspecified atom stereocenters. The minimum absolute atomic E-state index is 0.240. The Morgan fingerprint density at radius 2 is 1.80 bits per heavy atom. The summed E-state index contributed by atoms with van der Waals surface area (Å²) in [7, 11) is 6.26. The summed E-state index contributed by atoms with van der Waals surface area (Å²) in [5, 5.41) is 0. The number of carbonyl (C=O) groups excluding carboxylic acids is 1. The van der Waals surface area contributed by atoms with E-state index < -0.39 is 0 Å². The molecule has 0 aliphatic rings. The van der Waals surface area contributed by atoms with Crippen LogP contribution in [0.2, 0.25) is 0 Å². The number of nitrogens with zero attached hydrogens (tertiary/aromatic N) is 2. The number of ether oxygens (including phenoxy) is 3. The molecule has 6 nitrogen and oxygen atoms in total. The monoisotopic (exact) mass is 276 g/mol. The zero-order valence-electron chi connectivity index (χ0n) is 11.8. The quantitative estimate of drug-likeness (QED) is 0.777. The highest BCUT2D eigenvalue weighted by Gasteiger charge is 2.23. The first-order valence-corrected chi connectivity index (χ1v) is 5.95. The van der Waals surface area contributed by atoms with E-state index in [1.54, 1.807) is 36.1 Å². The first kappa shape index (κ1) is 13.9. The summed E-state index contributed by atoms with van der Waals surface area (Å²) < 4.78 is 17.4. The van der Waals surface area contributed by atoms with Gasteiger partial charge in [-0.25, -0.2) is 4.98 Å². The van der Waals surface area contributed by atoms with Gasteiger partial charge in [0.1, 0.15) is 0 Å². The highest BCUT2D eigenvalue weighted by Crippen LogP contribution is 2.40. The molecule has 0 amide bonds. The maximum atomic E-state index is 12.5. The van der Waals surface area contributed by atoms with Crippen LogP contribution < -0.4 is 14.2 Å². The average molecular weight is 276 g/mol. The van der Waals surface area contributed by atoms with Crippen molar-refractivity contribution in [1.82, 2.24) is 9.55 Å². The van der Waals surface area contributed by atoms with Crippen LogP contribution in [0.3, 0.4) is 0 Å². The maximum Gasteiger partial charge on any atom is 0.232 e. The summed E-state index contributed by atoms with van der Waals surface area (Å²) in [6.45, 7) is 0. The fourth-order valence-electron chi connectivity index (χ4n) is 1.98. The molecule has 20 heavy (non-hydrogen) atoms. The number of ketones is 1. The molecule has 2 aromatic rings. The minimum Gasteiger partial charge on any atom is -0.493 e. The lowest BCUT2D eigenvalue weighted by atomic mass is 10.1. The molecule has 0 aliphatic carbocycles. The number of benzene rings is 1. The van der Waals surface area contributed by atoms with Crippen molar-refractivity contribution in [2.75, 3.05) is 21.3 Å². The zero-order valence-corrected chi connectivity index (χ0v) is 11.8. The highest BCUT2D eigenvalue weighted by atomic mass is 16.5. The first-order valence-electron chi connectivity index (χ1n) is 5.95. The number of methoxy groups -OCH3 is 3. The van der Waals surface area contributed by atoms with Crippen LogP contribution in [0.25, 0.3) is 0 Å².